The zero-order valence-corrected chi connectivity index (χ0v) is 10.7. The number of phenols is 1. The first-order chi connectivity index (χ1) is 9.19. The number of methoxy groups -OCH3 is 1. The summed E-state index contributed by atoms with van der Waals surface area (Å²) in [5.41, 5.74) is 7.02. The fourth-order valence-corrected chi connectivity index (χ4v) is 1.69. The Kier molecular flexibility index (Phi) is 4.48. The quantitative estimate of drug-likeness (QED) is 0.813. The van der Waals surface area contributed by atoms with E-state index in [2.05, 4.69) is 10.1 Å². The van der Waals surface area contributed by atoms with Gasteiger partial charge in [-0.25, -0.2) is 0 Å². The van der Waals surface area contributed by atoms with Crippen molar-refractivity contribution in [2.75, 3.05) is 13.7 Å². The van der Waals surface area contributed by atoms with Crippen LogP contribution in [0.4, 0.5) is 0 Å². The summed E-state index contributed by atoms with van der Waals surface area (Å²) >= 11 is 0. The molecular weight excluding hydrogens is 246 g/mol. The molecule has 0 saturated carbocycles. The third-order valence-corrected chi connectivity index (χ3v) is 2.72. The first kappa shape index (κ1) is 13.5. The van der Waals surface area contributed by atoms with Crippen LogP contribution in [0.25, 0.3) is 0 Å². The number of aromatic nitrogens is 2. The van der Waals surface area contributed by atoms with Crippen molar-refractivity contribution in [1.29, 1.82) is 0 Å². The van der Waals surface area contributed by atoms with Crippen LogP contribution >= 0.6 is 0 Å². The molecule has 1 unspecified atom stereocenters. The van der Waals surface area contributed by atoms with E-state index in [0.717, 1.165) is 5.56 Å². The standard InChI is InChI=1S/C13H17N3O3/c1-18-7-6-12-15-13(19-16-12)11(14)8-9-2-4-10(17)5-3-9/h2-5,11,17H,6-8,14H2,1H3. The van der Waals surface area contributed by atoms with E-state index in [1.807, 2.05) is 12.1 Å². The predicted molar refractivity (Wildman–Crippen MR) is 68.6 cm³/mol. The number of hydrogen-bond donors (Lipinski definition) is 2. The second-order valence-corrected chi connectivity index (χ2v) is 4.27. The minimum atomic E-state index is -0.353. The summed E-state index contributed by atoms with van der Waals surface area (Å²) in [6.45, 7) is 0.548. The molecule has 0 radical (unpaired) electrons. The van der Waals surface area contributed by atoms with Gasteiger partial charge in [-0.2, -0.15) is 4.98 Å². The molecule has 1 heterocycles. The zero-order chi connectivity index (χ0) is 13.7. The Hall–Kier alpha value is -1.92. The molecule has 0 spiro atoms. The summed E-state index contributed by atoms with van der Waals surface area (Å²) in [4.78, 5) is 4.23. The Bertz CT molecular complexity index is 510. The molecule has 6 nitrogen and oxygen atoms in total. The summed E-state index contributed by atoms with van der Waals surface area (Å²) in [7, 11) is 1.62. The van der Waals surface area contributed by atoms with Crippen molar-refractivity contribution in [3.05, 3.63) is 41.5 Å². The fourth-order valence-electron chi connectivity index (χ4n) is 1.69. The number of ether oxygens (including phenoxy) is 1. The van der Waals surface area contributed by atoms with Crippen molar-refractivity contribution in [3.63, 3.8) is 0 Å². The fraction of sp³-hybridized carbons (Fsp3) is 0.385. The van der Waals surface area contributed by atoms with Gasteiger partial charge in [0.15, 0.2) is 5.82 Å². The Labute approximate surface area is 111 Å². The van der Waals surface area contributed by atoms with Gasteiger partial charge in [0.25, 0.3) is 0 Å². The number of nitrogens with two attached hydrogens (primary N) is 1. The maximum Gasteiger partial charge on any atom is 0.243 e. The molecule has 0 saturated heterocycles. The van der Waals surface area contributed by atoms with Crippen LogP contribution in [0.15, 0.2) is 28.8 Å². The third kappa shape index (κ3) is 3.77. The molecule has 0 bridgehead atoms. The van der Waals surface area contributed by atoms with Gasteiger partial charge in [0.2, 0.25) is 5.89 Å². The Morgan fingerprint density at radius 2 is 2.11 bits per heavy atom. The number of benzene rings is 1. The largest absolute Gasteiger partial charge is 0.508 e. The van der Waals surface area contributed by atoms with Crippen LogP contribution in [0.3, 0.4) is 0 Å². The second-order valence-electron chi connectivity index (χ2n) is 4.27. The minimum absolute atomic E-state index is 0.233. The minimum Gasteiger partial charge on any atom is -0.508 e. The van der Waals surface area contributed by atoms with Crippen molar-refractivity contribution in [2.24, 2.45) is 5.73 Å². The van der Waals surface area contributed by atoms with Crippen LogP contribution < -0.4 is 5.73 Å². The lowest BCUT2D eigenvalue weighted by Gasteiger charge is -2.06. The zero-order valence-electron chi connectivity index (χ0n) is 10.7. The molecule has 2 aromatic rings. The first-order valence-electron chi connectivity index (χ1n) is 6.04. The predicted octanol–water partition coefficient (Wildman–Crippen LogP) is 1.21. The molecule has 19 heavy (non-hydrogen) atoms. The van der Waals surface area contributed by atoms with Crippen molar-refractivity contribution in [1.82, 2.24) is 10.1 Å². The molecule has 3 N–H and O–H groups in total. The summed E-state index contributed by atoms with van der Waals surface area (Å²) < 4.78 is 10.1. The molecule has 1 aromatic heterocycles. The van der Waals surface area contributed by atoms with Gasteiger partial charge >= 0.3 is 0 Å². The number of phenolic OH excluding ortho intramolecular Hbond substituents is 1. The van der Waals surface area contributed by atoms with E-state index >= 15 is 0 Å². The SMILES string of the molecule is COCCc1noc(C(N)Cc2ccc(O)cc2)n1. The van der Waals surface area contributed by atoms with Gasteiger partial charge in [0.1, 0.15) is 5.75 Å². The van der Waals surface area contributed by atoms with Crippen molar-refractivity contribution in [2.45, 2.75) is 18.9 Å². The number of rotatable bonds is 6. The molecule has 0 fully saturated rings. The molecular formula is C13H17N3O3. The second kappa shape index (κ2) is 6.31. The monoisotopic (exact) mass is 263 g/mol. The van der Waals surface area contributed by atoms with E-state index < -0.39 is 0 Å². The van der Waals surface area contributed by atoms with Crippen molar-refractivity contribution >= 4 is 0 Å². The van der Waals surface area contributed by atoms with Crippen molar-refractivity contribution in [3.8, 4) is 5.75 Å². The molecule has 6 heteroatoms. The van der Waals surface area contributed by atoms with Gasteiger partial charge in [0.05, 0.1) is 12.6 Å². The normalized spacial score (nSPS) is 12.5. The van der Waals surface area contributed by atoms with Crippen LogP contribution in [-0.4, -0.2) is 29.0 Å². The van der Waals surface area contributed by atoms with E-state index in [-0.39, 0.29) is 11.8 Å². The highest BCUT2D eigenvalue weighted by Gasteiger charge is 2.15. The van der Waals surface area contributed by atoms with Gasteiger partial charge < -0.3 is 20.1 Å². The first-order valence-corrected chi connectivity index (χ1v) is 6.04. The van der Waals surface area contributed by atoms with Crippen LogP contribution in [0.5, 0.6) is 5.75 Å². The maximum absolute atomic E-state index is 9.21. The lowest BCUT2D eigenvalue weighted by Crippen LogP contribution is -2.14. The Morgan fingerprint density at radius 3 is 2.79 bits per heavy atom. The summed E-state index contributed by atoms with van der Waals surface area (Å²) in [5.74, 6) is 1.24. The molecule has 1 atom stereocenters. The van der Waals surface area contributed by atoms with Crippen LogP contribution in [0.1, 0.15) is 23.3 Å². The smallest absolute Gasteiger partial charge is 0.243 e. The highest BCUT2D eigenvalue weighted by molar-refractivity contribution is 5.26. The molecule has 2 rings (SSSR count). The molecule has 0 aliphatic rings. The topological polar surface area (TPSA) is 94.4 Å². The lowest BCUT2D eigenvalue weighted by atomic mass is 10.1. The summed E-state index contributed by atoms with van der Waals surface area (Å²) in [5, 5.41) is 13.1. The van der Waals surface area contributed by atoms with Crippen LogP contribution in [-0.2, 0) is 17.6 Å². The van der Waals surface area contributed by atoms with E-state index in [4.69, 9.17) is 15.0 Å². The van der Waals surface area contributed by atoms with Gasteiger partial charge in [-0.1, -0.05) is 17.3 Å². The van der Waals surface area contributed by atoms with E-state index in [9.17, 15) is 5.11 Å². The Morgan fingerprint density at radius 1 is 1.37 bits per heavy atom. The average molecular weight is 263 g/mol. The average Bonchev–Trinajstić information content (AvgIpc) is 2.88. The maximum atomic E-state index is 9.21. The number of aromatic hydroxyl groups is 1. The van der Waals surface area contributed by atoms with E-state index in [1.54, 1.807) is 19.2 Å². The van der Waals surface area contributed by atoms with Crippen LogP contribution in [0, 0.1) is 0 Å². The van der Waals surface area contributed by atoms with Gasteiger partial charge in [-0.05, 0) is 24.1 Å². The van der Waals surface area contributed by atoms with Gasteiger partial charge in [-0.15, -0.1) is 0 Å². The molecule has 0 amide bonds. The van der Waals surface area contributed by atoms with Gasteiger partial charge in [0, 0.05) is 13.5 Å². The highest BCUT2D eigenvalue weighted by atomic mass is 16.5. The number of hydrogen-bond acceptors (Lipinski definition) is 6. The van der Waals surface area contributed by atoms with Crippen molar-refractivity contribution < 1.29 is 14.4 Å². The van der Waals surface area contributed by atoms with Gasteiger partial charge in [-0.3, -0.25) is 0 Å². The highest BCUT2D eigenvalue weighted by Crippen LogP contribution is 2.17. The number of nitrogens with zero attached hydrogens (tertiary/aromatic N) is 2. The molecule has 0 aliphatic carbocycles. The Balaban J connectivity index is 1.97. The third-order valence-electron chi connectivity index (χ3n) is 2.72. The lowest BCUT2D eigenvalue weighted by molar-refractivity contribution is 0.199. The molecule has 102 valence electrons. The van der Waals surface area contributed by atoms with Crippen LogP contribution in [0.2, 0.25) is 0 Å². The van der Waals surface area contributed by atoms with E-state index in [1.165, 1.54) is 0 Å². The molecule has 1 aromatic carbocycles. The summed E-state index contributed by atoms with van der Waals surface area (Å²) in [6, 6.07) is 6.53. The van der Waals surface area contributed by atoms with E-state index in [0.29, 0.717) is 31.2 Å². The molecule has 0 aliphatic heterocycles. The summed E-state index contributed by atoms with van der Waals surface area (Å²) in [6.07, 6.45) is 1.18.